The molecule has 0 bridgehead atoms. The molecule has 1 aliphatic rings. The van der Waals surface area contributed by atoms with Crippen LogP contribution in [0.4, 0.5) is 4.39 Å². The van der Waals surface area contributed by atoms with Crippen molar-refractivity contribution in [1.82, 2.24) is 5.32 Å². The number of nitrogens with one attached hydrogen (secondary N) is 1. The van der Waals surface area contributed by atoms with Crippen molar-refractivity contribution >= 4 is 5.97 Å². The molecular formula is C13H16FNO2. The van der Waals surface area contributed by atoms with Crippen LogP contribution in [0, 0.1) is 11.7 Å². The fraction of sp³-hybridized carbons (Fsp3) is 0.462. The van der Waals surface area contributed by atoms with E-state index in [0.29, 0.717) is 6.54 Å². The van der Waals surface area contributed by atoms with Crippen LogP contribution in [-0.2, 0) is 9.53 Å². The smallest absolute Gasteiger partial charge is 0.310 e. The van der Waals surface area contributed by atoms with E-state index < -0.39 is 0 Å². The van der Waals surface area contributed by atoms with E-state index in [0.717, 1.165) is 18.5 Å². The molecule has 0 aromatic heterocycles. The standard InChI is InChI=1S/C13H16FNO2/c1-17-13(16)12-8-15-7-6-11(12)9-2-4-10(14)5-3-9/h2-5,11-12,15H,6-8H2,1H3/t11-,12-/m1/s1. The maximum absolute atomic E-state index is 12.9. The number of hydrogen-bond acceptors (Lipinski definition) is 3. The number of halogens is 1. The van der Waals surface area contributed by atoms with Gasteiger partial charge in [0.15, 0.2) is 0 Å². The summed E-state index contributed by atoms with van der Waals surface area (Å²) < 4.78 is 17.7. The lowest BCUT2D eigenvalue weighted by atomic mass is 9.81. The van der Waals surface area contributed by atoms with Crippen molar-refractivity contribution in [3.05, 3.63) is 35.6 Å². The highest BCUT2D eigenvalue weighted by atomic mass is 19.1. The molecule has 1 aliphatic heterocycles. The van der Waals surface area contributed by atoms with Crippen molar-refractivity contribution in [3.8, 4) is 0 Å². The second kappa shape index (κ2) is 5.27. The number of piperidine rings is 1. The van der Waals surface area contributed by atoms with Crippen LogP contribution in [0.2, 0.25) is 0 Å². The van der Waals surface area contributed by atoms with E-state index in [1.54, 1.807) is 12.1 Å². The lowest BCUT2D eigenvalue weighted by Gasteiger charge is -2.30. The van der Waals surface area contributed by atoms with E-state index in [9.17, 15) is 9.18 Å². The molecule has 0 amide bonds. The first-order valence-electron chi connectivity index (χ1n) is 5.76. The summed E-state index contributed by atoms with van der Waals surface area (Å²) in [5.74, 6) is -0.521. The van der Waals surface area contributed by atoms with E-state index in [-0.39, 0.29) is 23.6 Å². The van der Waals surface area contributed by atoms with Crippen molar-refractivity contribution in [2.24, 2.45) is 5.92 Å². The molecule has 4 heteroatoms. The fourth-order valence-electron chi connectivity index (χ4n) is 2.37. The summed E-state index contributed by atoms with van der Waals surface area (Å²) in [6.45, 7) is 1.49. The second-order valence-corrected chi connectivity index (χ2v) is 4.28. The molecule has 3 nitrogen and oxygen atoms in total. The minimum Gasteiger partial charge on any atom is -0.469 e. The lowest BCUT2D eigenvalue weighted by molar-refractivity contribution is -0.146. The Bertz CT molecular complexity index is 391. The number of carbonyl (C=O) groups excluding carboxylic acids is 1. The quantitative estimate of drug-likeness (QED) is 0.795. The zero-order valence-electron chi connectivity index (χ0n) is 9.78. The van der Waals surface area contributed by atoms with Crippen LogP contribution in [0.15, 0.2) is 24.3 Å². The van der Waals surface area contributed by atoms with Gasteiger partial charge in [0.2, 0.25) is 0 Å². The summed E-state index contributed by atoms with van der Waals surface area (Å²) in [6, 6.07) is 6.37. The molecule has 1 heterocycles. The van der Waals surface area contributed by atoms with Crippen molar-refractivity contribution in [2.45, 2.75) is 12.3 Å². The van der Waals surface area contributed by atoms with Crippen LogP contribution in [0.25, 0.3) is 0 Å². The number of benzene rings is 1. The van der Waals surface area contributed by atoms with Gasteiger partial charge >= 0.3 is 5.97 Å². The topological polar surface area (TPSA) is 38.3 Å². The zero-order valence-corrected chi connectivity index (χ0v) is 9.78. The summed E-state index contributed by atoms with van der Waals surface area (Å²) >= 11 is 0. The summed E-state index contributed by atoms with van der Waals surface area (Å²) in [5.41, 5.74) is 1.00. The first kappa shape index (κ1) is 12.0. The Balaban J connectivity index is 2.21. The van der Waals surface area contributed by atoms with Crippen LogP contribution < -0.4 is 5.32 Å². The molecular weight excluding hydrogens is 221 g/mol. The van der Waals surface area contributed by atoms with Gasteiger partial charge in [0.1, 0.15) is 5.82 Å². The van der Waals surface area contributed by atoms with E-state index in [4.69, 9.17) is 4.74 Å². The molecule has 0 spiro atoms. The van der Waals surface area contributed by atoms with E-state index in [1.807, 2.05) is 0 Å². The van der Waals surface area contributed by atoms with Gasteiger partial charge in [-0.05, 0) is 36.6 Å². The Morgan fingerprint density at radius 1 is 1.41 bits per heavy atom. The maximum Gasteiger partial charge on any atom is 0.310 e. The minimum absolute atomic E-state index is 0.115. The Morgan fingerprint density at radius 2 is 2.12 bits per heavy atom. The third-order valence-corrected chi connectivity index (χ3v) is 3.28. The zero-order chi connectivity index (χ0) is 12.3. The van der Waals surface area contributed by atoms with Crippen LogP contribution in [0.1, 0.15) is 17.9 Å². The van der Waals surface area contributed by atoms with Crippen molar-refractivity contribution in [1.29, 1.82) is 0 Å². The molecule has 2 rings (SSSR count). The van der Waals surface area contributed by atoms with Gasteiger partial charge in [-0.1, -0.05) is 12.1 Å². The molecule has 2 atom stereocenters. The van der Waals surface area contributed by atoms with Gasteiger partial charge in [0.05, 0.1) is 13.0 Å². The van der Waals surface area contributed by atoms with E-state index in [1.165, 1.54) is 19.2 Å². The summed E-state index contributed by atoms with van der Waals surface area (Å²) in [6.07, 6.45) is 0.866. The van der Waals surface area contributed by atoms with Gasteiger partial charge < -0.3 is 10.1 Å². The molecule has 1 N–H and O–H groups in total. The SMILES string of the molecule is COC(=O)[C@@H]1CNCC[C@@H]1c1ccc(F)cc1. The van der Waals surface area contributed by atoms with Gasteiger partial charge in [0.25, 0.3) is 0 Å². The summed E-state index contributed by atoms with van der Waals surface area (Å²) in [5, 5.41) is 3.19. The number of rotatable bonds is 2. The highest BCUT2D eigenvalue weighted by Gasteiger charge is 2.32. The van der Waals surface area contributed by atoms with Gasteiger partial charge in [-0.15, -0.1) is 0 Å². The van der Waals surface area contributed by atoms with Crippen molar-refractivity contribution < 1.29 is 13.9 Å². The second-order valence-electron chi connectivity index (χ2n) is 4.28. The Labute approximate surface area is 100.0 Å². The van der Waals surface area contributed by atoms with Gasteiger partial charge in [-0.25, -0.2) is 4.39 Å². The fourth-order valence-corrected chi connectivity index (χ4v) is 2.37. The highest BCUT2D eigenvalue weighted by molar-refractivity contribution is 5.74. The molecule has 1 fully saturated rings. The average Bonchev–Trinajstić information content (AvgIpc) is 2.39. The van der Waals surface area contributed by atoms with Gasteiger partial charge in [-0.3, -0.25) is 4.79 Å². The third kappa shape index (κ3) is 2.64. The number of ether oxygens (including phenoxy) is 1. The third-order valence-electron chi connectivity index (χ3n) is 3.28. The summed E-state index contributed by atoms with van der Waals surface area (Å²) in [4.78, 5) is 11.7. The highest BCUT2D eigenvalue weighted by Crippen LogP contribution is 2.31. The van der Waals surface area contributed by atoms with Crippen LogP contribution in [-0.4, -0.2) is 26.2 Å². The molecule has 1 aromatic carbocycles. The van der Waals surface area contributed by atoms with Crippen LogP contribution in [0.3, 0.4) is 0 Å². The van der Waals surface area contributed by atoms with Crippen LogP contribution >= 0.6 is 0 Å². The first-order chi connectivity index (χ1) is 8.22. The maximum atomic E-state index is 12.9. The number of esters is 1. The van der Waals surface area contributed by atoms with Gasteiger partial charge in [0, 0.05) is 6.54 Å². The molecule has 0 radical (unpaired) electrons. The Kier molecular flexibility index (Phi) is 3.74. The lowest BCUT2D eigenvalue weighted by Crippen LogP contribution is -2.40. The van der Waals surface area contributed by atoms with Crippen molar-refractivity contribution in [2.75, 3.05) is 20.2 Å². The largest absolute Gasteiger partial charge is 0.469 e. The molecule has 17 heavy (non-hydrogen) atoms. The predicted molar refractivity (Wildman–Crippen MR) is 62.1 cm³/mol. The molecule has 0 unspecified atom stereocenters. The number of carbonyl (C=O) groups is 1. The molecule has 1 aromatic rings. The monoisotopic (exact) mass is 237 g/mol. The molecule has 1 saturated heterocycles. The van der Waals surface area contributed by atoms with E-state index >= 15 is 0 Å². The van der Waals surface area contributed by atoms with Crippen molar-refractivity contribution in [3.63, 3.8) is 0 Å². The Hall–Kier alpha value is -1.42. The Morgan fingerprint density at radius 3 is 2.76 bits per heavy atom. The molecule has 92 valence electrons. The first-order valence-corrected chi connectivity index (χ1v) is 5.76. The van der Waals surface area contributed by atoms with Crippen LogP contribution in [0.5, 0.6) is 0 Å². The molecule has 0 aliphatic carbocycles. The number of hydrogen-bond donors (Lipinski definition) is 1. The molecule has 0 saturated carbocycles. The normalized spacial score (nSPS) is 24.4. The van der Waals surface area contributed by atoms with E-state index in [2.05, 4.69) is 5.32 Å². The number of methoxy groups -OCH3 is 1. The average molecular weight is 237 g/mol. The predicted octanol–water partition coefficient (Wildman–Crippen LogP) is 1.69. The van der Waals surface area contributed by atoms with Gasteiger partial charge in [-0.2, -0.15) is 0 Å². The minimum atomic E-state index is -0.252. The summed E-state index contributed by atoms with van der Waals surface area (Å²) in [7, 11) is 1.40.